The van der Waals surface area contributed by atoms with Crippen LogP contribution in [0.5, 0.6) is 0 Å². The van der Waals surface area contributed by atoms with Gasteiger partial charge in [-0.15, -0.1) is 0 Å². The molecule has 2 nitrogen and oxygen atoms in total. The highest BCUT2D eigenvalue weighted by Crippen LogP contribution is 2.16. The van der Waals surface area contributed by atoms with Gasteiger partial charge in [0.25, 0.3) is 0 Å². The maximum absolute atomic E-state index is 12.2. The van der Waals surface area contributed by atoms with Gasteiger partial charge in [0, 0.05) is 12.7 Å². The van der Waals surface area contributed by atoms with Gasteiger partial charge < -0.3 is 4.74 Å². The Bertz CT molecular complexity index is 360. The third-order valence-electron chi connectivity index (χ3n) is 2.62. The van der Waals surface area contributed by atoms with Crippen molar-refractivity contribution in [3.05, 3.63) is 34.9 Å². The molecule has 0 radical (unpaired) electrons. The van der Waals surface area contributed by atoms with E-state index in [1.165, 1.54) is 0 Å². The van der Waals surface area contributed by atoms with Gasteiger partial charge in [-0.3, -0.25) is 4.79 Å². The zero-order valence-corrected chi connectivity index (χ0v) is 10.7. The van der Waals surface area contributed by atoms with Crippen LogP contribution in [-0.4, -0.2) is 19.0 Å². The summed E-state index contributed by atoms with van der Waals surface area (Å²) >= 11 is 0. The topological polar surface area (TPSA) is 26.3 Å². The Hall–Kier alpha value is -1.15. The Morgan fingerprint density at radius 3 is 2.00 bits per heavy atom. The summed E-state index contributed by atoms with van der Waals surface area (Å²) in [6.45, 7) is 7.99. The first-order valence-corrected chi connectivity index (χ1v) is 5.61. The lowest BCUT2D eigenvalue weighted by Gasteiger charge is -2.18. The fourth-order valence-corrected chi connectivity index (χ4v) is 1.96. The minimum Gasteiger partial charge on any atom is -0.373 e. The SMILES string of the molecule is COC(C(=O)c1cc(C)cc(C)c1)C(C)C. The Morgan fingerprint density at radius 2 is 1.62 bits per heavy atom. The van der Waals surface area contributed by atoms with Gasteiger partial charge in [0.1, 0.15) is 6.10 Å². The molecule has 0 spiro atoms. The van der Waals surface area contributed by atoms with Crippen molar-refractivity contribution in [2.45, 2.75) is 33.8 Å². The van der Waals surface area contributed by atoms with Crippen molar-refractivity contribution in [3.63, 3.8) is 0 Å². The summed E-state index contributed by atoms with van der Waals surface area (Å²) in [6.07, 6.45) is -0.346. The molecule has 0 aliphatic heterocycles. The molecule has 0 aromatic heterocycles. The van der Waals surface area contributed by atoms with E-state index in [0.29, 0.717) is 0 Å². The smallest absolute Gasteiger partial charge is 0.191 e. The maximum atomic E-state index is 12.2. The quantitative estimate of drug-likeness (QED) is 0.729. The Balaban J connectivity index is 3.03. The minimum absolute atomic E-state index is 0.0734. The molecule has 0 bridgehead atoms. The third kappa shape index (κ3) is 2.92. The number of aryl methyl sites for hydroxylation is 2. The molecule has 0 heterocycles. The first kappa shape index (κ1) is 12.9. The van der Waals surface area contributed by atoms with E-state index in [0.717, 1.165) is 16.7 Å². The van der Waals surface area contributed by atoms with E-state index < -0.39 is 0 Å². The fraction of sp³-hybridized carbons (Fsp3) is 0.500. The number of carbonyl (C=O) groups is 1. The summed E-state index contributed by atoms with van der Waals surface area (Å²) in [7, 11) is 1.59. The molecule has 1 aromatic carbocycles. The van der Waals surface area contributed by atoms with Gasteiger partial charge in [0.15, 0.2) is 5.78 Å². The molecule has 0 fully saturated rings. The molecule has 0 amide bonds. The van der Waals surface area contributed by atoms with E-state index in [9.17, 15) is 4.79 Å². The number of hydrogen-bond donors (Lipinski definition) is 0. The Kier molecular flexibility index (Phi) is 4.25. The van der Waals surface area contributed by atoms with Crippen molar-refractivity contribution in [1.82, 2.24) is 0 Å². The van der Waals surface area contributed by atoms with Gasteiger partial charge in [-0.05, 0) is 31.9 Å². The molecule has 1 rings (SSSR count). The van der Waals surface area contributed by atoms with Crippen LogP contribution in [0.3, 0.4) is 0 Å². The highest BCUT2D eigenvalue weighted by atomic mass is 16.5. The van der Waals surface area contributed by atoms with Crippen LogP contribution in [0.25, 0.3) is 0 Å². The summed E-state index contributed by atoms with van der Waals surface area (Å²) in [5, 5.41) is 0. The van der Waals surface area contributed by atoms with E-state index in [-0.39, 0.29) is 17.8 Å². The van der Waals surface area contributed by atoms with Crippen molar-refractivity contribution < 1.29 is 9.53 Å². The predicted octanol–water partition coefficient (Wildman–Crippen LogP) is 3.16. The summed E-state index contributed by atoms with van der Waals surface area (Å²) in [6, 6.07) is 5.90. The van der Waals surface area contributed by atoms with E-state index in [1.807, 2.05) is 39.8 Å². The predicted molar refractivity (Wildman–Crippen MR) is 65.9 cm³/mol. The molecule has 0 N–H and O–H groups in total. The molecule has 0 saturated carbocycles. The van der Waals surface area contributed by atoms with Crippen LogP contribution in [0, 0.1) is 19.8 Å². The van der Waals surface area contributed by atoms with Crippen molar-refractivity contribution in [3.8, 4) is 0 Å². The van der Waals surface area contributed by atoms with E-state index in [4.69, 9.17) is 4.74 Å². The molecule has 0 aliphatic rings. The number of carbonyl (C=O) groups excluding carboxylic acids is 1. The van der Waals surface area contributed by atoms with E-state index >= 15 is 0 Å². The van der Waals surface area contributed by atoms with Crippen LogP contribution in [0.4, 0.5) is 0 Å². The summed E-state index contributed by atoms with van der Waals surface area (Å²) in [5.74, 6) is 0.266. The van der Waals surface area contributed by atoms with E-state index in [2.05, 4.69) is 6.07 Å². The molecule has 16 heavy (non-hydrogen) atoms. The summed E-state index contributed by atoms with van der Waals surface area (Å²) in [4.78, 5) is 12.2. The molecule has 0 aliphatic carbocycles. The highest BCUT2D eigenvalue weighted by molar-refractivity contribution is 6.00. The lowest BCUT2D eigenvalue weighted by molar-refractivity contribution is 0.0458. The minimum atomic E-state index is -0.346. The summed E-state index contributed by atoms with van der Waals surface area (Å²) < 4.78 is 5.26. The lowest BCUT2D eigenvalue weighted by atomic mass is 9.95. The van der Waals surface area contributed by atoms with Crippen molar-refractivity contribution in [1.29, 1.82) is 0 Å². The van der Waals surface area contributed by atoms with Crippen molar-refractivity contribution in [2.24, 2.45) is 5.92 Å². The second-order valence-electron chi connectivity index (χ2n) is 4.64. The van der Waals surface area contributed by atoms with E-state index in [1.54, 1.807) is 7.11 Å². The zero-order valence-electron chi connectivity index (χ0n) is 10.7. The second kappa shape index (κ2) is 5.26. The third-order valence-corrected chi connectivity index (χ3v) is 2.62. The van der Waals surface area contributed by atoms with Crippen LogP contribution < -0.4 is 0 Å². The number of ketones is 1. The Labute approximate surface area is 97.6 Å². The van der Waals surface area contributed by atoms with Gasteiger partial charge in [0.05, 0.1) is 0 Å². The molecule has 1 unspecified atom stereocenters. The number of ether oxygens (including phenoxy) is 1. The van der Waals surface area contributed by atoms with Gasteiger partial charge in [-0.2, -0.15) is 0 Å². The van der Waals surface area contributed by atoms with Crippen LogP contribution in [0.1, 0.15) is 35.3 Å². The maximum Gasteiger partial charge on any atom is 0.191 e. The van der Waals surface area contributed by atoms with Gasteiger partial charge in [0.2, 0.25) is 0 Å². The highest BCUT2D eigenvalue weighted by Gasteiger charge is 2.23. The van der Waals surface area contributed by atoms with Gasteiger partial charge in [-0.25, -0.2) is 0 Å². The molecular formula is C14H20O2. The molecule has 2 heteroatoms. The number of hydrogen-bond acceptors (Lipinski definition) is 2. The average molecular weight is 220 g/mol. The van der Waals surface area contributed by atoms with Crippen LogP contribution in [0.15, 0.2) is 18.2 Å². The standard InChI is InChI=1S/C14H20O2/c1-9(2)14(16-5)13(15)12-7-10(3)6-11(4)8-12/h6-9,14H,1-5H3. The van der Waals surface area contributed by atoms with Gasteiger partial charge in [-0.1, -0.05) is 31.0 Å². The Morgan fingerprint density at radius 1 is 1.12 bits per heavy atom. The number of methoxy groups -OCH3 is 1. The van der Waals surface area contributed by atoms with Crippen LogP contribution in [0.2, 0.25) is 0 Å². The monoisotopic (exact) mass is 220 g/mol. The molecule has 88 valence electrons. The largest absolute Gasteiger partial charge is 0.373 e. The molecule has 1 aromatic rings. The number of Topliss-reactive ketones (excluding diaryl/α,β-unsaturated/α-hetero) is 1. The first-order chi connectivity index (χ1) is 7.45. The van der Waals surface area contributed by atoms with Crippen molar-refractivity contribution >= 4 is 5.78 Å². The zero-order chi connectivity index (χ0) is 12.3. The van der Waals surface area contributed by atoms with Crippen molar-refractivity contribution in [2.75, 3.05) is 7.11 Å². The van der Waals surface area contributed by atoms with Crippen LogP contribution >= 0.6 is 0 Å². The number of rotatable bonds is 4. The van der Waals surface area contributed by atoms with Gasteiger partial charge >= 0.3 is 0 Å². The average Bonchev–Trinajstić information content (AvgIpc) is 2.16. The first-order valence-electron chi connectivity index (χ1n) is 5.61. The molecular weight excluding hydrogens is 200 g/mol. The lowest BCUT2D eigenvalue weighted by Crippen LogP contribution is -2.28. The second-order valence-corrected chi connectivity index (χ2v) is 4.64. The summed E-state index contributed by atoms with van der Waals surface area (Å²) in [5.41, 5.74) is 2.97. The molecule has 0 saturated heterocycles. The molecule has 1 atom stereocenters. The van der Waals surface area contributed by atoms with Crippen LogP contribution in [-0.2, 0) is 4.74 Å². The normalized spacial score (nSPS) is 12.9. The number of benzene rings is 1. The fourth-order valence-electron chi connectivity index (χ4n) is 1.96.